The van der Waals surface area contributed by atoms with Gasteiger partial charge in [0.1, 0.15) is 0 Å². The fourth-order valence-corrected chi connectivity index (χ4v) is 2.47. The maximum Gasteiger partial charge on any atom is 0.0534 e. The van der Waals surface area contributed by atoms with Crippen LogP contribution in [-0.4, -0.2) is 16.3 Å². The number of aromatic nitrogens is 2. The maximum absolute atomic E-state index is 4.28. The molecule has 0 saturated heterocycles. The van der Waals surface area contributed by atoms with E-state index in [1.165, 1.54) is 37.8 Å². The molecule has 0 unspecified atom stereocenters. The predicted octanol–water partition coefficient (Wildman–Crippen LogP) is 2.57. The highest BCUT2D eigenvalue weighted by Crippen LogP contribution is 2.43. The Morgan fingerprint density at radius 3 is 2.75 bits per heavy atom. The van der Waals surface area contributed by atoms with E-state index in [0.29, 0.717) is 5.41 Å². The van der Waals surface area contributed by atoms with E-state index >= 15 is 0 Å². The Hall–Kier alpha value is -0.830. The molecule has 1 saturated carbocycles. The van der Waals surface area contributed by atoms with Crippen molar-refractivity contribution in [1.82, 2.24) is 15.1 Å². The summed E-state index contributed by atoms with van der Waals surface area (Å²) in [6, 6.07) is 0. The van der Waals surface area contributed by atoms with E-state index in [1.54, 1.807) is 0 Å². The van der Waals surface area contributed by atoms with Gasteiger partial charge in [-0.2, -0.15) is 5.10 Å². The lowest BCUT2D eigenvalue weighted by Crippen LogP contribution is -2.39. The Morgan fingerprint density at radius 2 is 2.25 bits per heavy atom. The van der Waals surface area contributed by atoms with Gasteiger partial charge in [-0.05, 0) is 31.6 Å². The standard InChI is InChI=1S/C13H23N3/c1-3-13(6-5-7-13)11-14-8-12-9-15-16(4-2)10-12/h9-10,14H,3-8,11H2,1-2H3. The van der Waals surface area contributed by atoms with E-state index < -0.39 is 0 Å². The molecule has 0 atom stereocenters. The Bertz CT molecular complexity index is 320. The van der Waals surface area contributed by atoms with Crippen molar-refractivity contribution in [2.45, 2.75) is 52.6 Å². The van der Waals surface area contributed by atoms with Crippen LogP contribution < -0.4 is 5.32 Å². The summed E-state index contributed by atoms with van der Waals surface area (Å²) in [6.07, 6.45) is 9.65. The normalized spacial score (nSPS) is 18.4. The highest BCUT2D eigenvalue weighted by molar-refractivity contribution is 5.03. The van der Waals surface area contributed by atoms with Gasteiger partial charge in [0, 0.05) is 31.4 Å². The van der Waals surface area contributed by atoms with Gasteiger partial charge in [0.25, 0.3) is 0 Å². The lowest BCUT2D eigenvalue weighted by atomic mass is 9.67. The third kappa shape index (κ3) is 2.46. The maximum atomic E-state index is 4.28. The smallest absolute Gasteiger partial charge is 0.0534 e. The summed E-state index contributed by atoms with van der Waals surface area (Å²) in [5, 5.41) is 7.86. The van der Waals surface area contributed by atoms with Crippen molar-refractivity contribution < 1.29 is 0 Å². The van der Waals surface area contributed by atoms with Gasteiger partial charge in [0.05, 0.1) is 6.20 Å². The molecule has 3 nitrogen and oxygen atoms in total. The Kier molecular flexibility index (Phi) is 3.64. The van der Waals surface area contributed by atoms with Crippen molar-refractivity contribution in [2.24, 2.45) is 5.41 Å². The molecule has 0 amide bonds. The zero-order valence-corrected chi connectivity index (χ0v) is 10.5. The molecule has 1 N–H and O–H groups in total. The first-order valence-electron chi connectivity index (χ1n) is 6.50. The van der Waals surface area contributed by atoms with Crippen molar-refractivity contribution >= 4 is 0 Å². The van der Waals surface area contributed by atoms with Crippen LogP contribution in [0.15, 0.2) is 12.4 Å². The third-order valence-electron chi connectivity index (χ3n) is 4.00. The average Bonchev–Trinajstić information content (AvgIpc) is 2.70. The summed E-state index contributed by atoms with van der Waals surface area (Å²) >= 11 is 0. The van der Waals surface area contributed by atoms with Crippen LogP contribution in [0.5, 0.6) is 0 Å². The van der Waals surface area contributed by atoms with Crippen molar-refractivity contribution in [1.29, 1.82) is 0 Å². The minimum absolute atomic E-state index is 0.612. The monoisotopic (exact) mass is 221 g/mol. The number of nitrogens with zero attached hydrogens (tertiary/aromatic N) is 2. The van der Waals surface area contributed by atoms with Crippen LogP contribution in [0.4, 0.5) is 0 Å². The van der Waals surface area contributed by atoms with Gasteiger partial charge in [-0.3, -0.25) is 4.68 Å². The van der Waals surface area contributed by atoms with Crippen LogP contribution in [0.25, 0.3) is 0 Å². The van der Waals surface area contributed by atoms with Gasteiger partial charge in [-0.1, -0.05) is 13.3 Å². The van der Waals surface area contributed by atoms with E-state index in [0.717, 1.165) is 13.1 Å². The molecule has 0 aromatic carbocycles. The molecule has 0 bridgehead atoms. The summed E-state index contributed by atoms with van der Waals surface area (Å²) in [7, 11) is 0. The van der Waals surface area contributed by atoms with Crippen molar-refractivity contribution in [3.05, 3.63) is 18.0 Å². The zero-order chi connectivity index (χ0) is 11.4. The molecule has 1 aliphatic carbocycles. The van der Waals surface area contributed by atoms with Gasteiger partial charge in [0.15, 0.2) is 0 Å². The van der Waals surface area contributed by atoms with Crippen LogP contribution in [0, 0.1) is 5.41 Å². The number of rotatable bonds is 6. The molecule has 1 heterocycles. The molecule has 2 rings (SSSR count). The van der Waals surface area contributed by atoms with Gasteiger partial charge in [-0.25, -0.2) is 0 Å². The summed E-state index contributed by atoms with van der Waals surface area (Å²) in [4.78, 5) is 0. The highest BCUT2D eigenvalue weighted by atomic mass is 15.3. The first-order chi connectivity index (χ1) is 7.78. The SMILES string of the molecule is CCn1cc(CNCC2(CC)CCC2)cn1. The second-order valence-corrected chi connectivity index (χ2v) is 5.01. The van der Waals surface area contributed by atoms with E-state index in [-0.39, 0.29) is 0 Å². The number of hydrogen-bond acceptors (Lipinski definition) is 2. The fourth-order valence-electron chi connectivity index (χ4n) is 2.47. The first-order valence-corrected chi connectivity index (χ1v) is 6.50. The Morgan fingerprint density at radius 1 is 1.44 bits per heavy atom. The number of aryl methyl sites for hydroxylation is 1. The molecular formula is C13H23N3. The van der Waals surface area contributed by atoms with Gasteiger partial charge < -0.3 is 5.32 Å². The second-order valence-electron chi connectivity index (χ2n) is 5.01. The summed E-state index contributed by atoms with van der Waals surface area (Å²) in [6.45, 7) is 7.52. The predicted molar refractivity (Wildman–Crippen MR) is 66.2 cm³/mol. The van der Waals surface area contributed by atoms with Gasteiger partial charge in [0.2, 0.25) is 0 Å². The van der Waals surface area contributed by atoms with Crippen LogP contribution >= 0.6 is 0 Å². The first kappa shape index (κ1) is 11.6. The molecule has 3 heteroatoms. The molecule has 16 heavy (non-hydrogen) atoms. The average molecular weight is 221 g/mol. The zero-order valence-electron chi connectivity index (χ0n) is 10.5. The molecule has 1 aromatic heterocycles. The minimum atomic E-state index is 0.612. The van der Waals surface area contributed by atoms with E-state index in [4.69, 9.17) is 0 Å². The van der Waals surface area contributed by atoms with Gasteiger partial charge in [-0.15, -0.1) is 0 Å². The Labute approximate surface area is 98.2 Å². The molecule has 1 aliphatic rings. The number of nitrogens with one attached hydrogen (secondary N) is 1. The fraction of sp³-hybridized carbons (Fsp3) is 0.769. The molecule has 0 spiro atoms. The minimum Gasteiger partial charge on any atom is -0.312 e. The van der Waals surface area contributed by atoms with E-state index in [1.807, 2.05) is 10.9 Å². The molecule has 1 aromatic rings. The lowest BCUT2D eigenvalue weighted by molar-refractivity contribution is 0.124. The molecule has 1 fully saturated rings. The van der Waals surface area contributed by atoms with Crippen LogP contribution in [0.1, 0.15) is 45.1 Å². The van der Waals surface area contributed by atoms with Crippen molar-refractivity contribution in [3.63, 3.8) is 0 Å². The Balaban J connectivity index is 1.75. The number of hydrogen-bond donors (Lipinski definition) is 1. The van der Waals surface area contributed by atoms with Crippen LogP contribution in [0.2, 0.25) is 0 Å². The second kappa shape index (κ2) is 5.00. The van der Waals surface area contributed by atoms with Crippen molar-refractivity contribution in [2.75, 3.05) is 6.54 Å². The summed E-state index contributed by atoms with van der Waals surface area (Å²) < 4.78 is 1.98. The van der Waals surface area contributed by atoms with E-state index in [2.05, 4.69) is 30.5 Å². The molecule has 0 radical (unpaired) electrons. The molecule has 0 aliphatic heterocycles. The molecule has 90 valence electrons. The van der Waals surface area contributed by atoms with Crippen molar-refractivity contribution in [3.8, 4) is 0 Å². The summed E-state index contributed by atoms with van der Waals surface area (Å²) in [5.74, 6) is 0. The molecular weight excluding hydrogens is 198 g/mol. The largest absolute Gasteiger partial charge is 0.312 e. The van der Waals surface area contributed by atoms with Crippen LogP contribution in [0.3, 0.4) is 0 Å². The summed E-state index contributed by atoms with van der Waals surface area (Å²) in [5.41, 5.74) is 1.91. The third-order valence-corrected chi connectivity index (χ3v) is 4.00. The van der Waals surface area contributed by atoms with Gasteiger partial charge >= 0.3 is 0 Å². The topological polar surface area (TPSA) is 29.9 Å². The lowest BCUT2D eigenvalue weighted by Gasteiger charge is -2.41. The van der Waals surface area contributed by atoms with E-state index in [9.17, 15) is 0 Å². The highest BCUT2D eigenvalue weighted by Gasteiger charge is 2.34. The quantitative estimate of drug-likeness (QED) is 0.800. The van der Waals surface area contributed by atoms with Crippen LogP contribution in [-0.2, 0) is 13.1 Å².